The lowest BCUT2D eigenvalue weighted by Gasteiger charge is -2.23. The molecule has 0 unspecified atom stereocenters. The van der Waals surface area contributed by atoms with E-state index in [2.05, 4.69) is 64.3 Å². The fourth-order valence-electron chi connectivity index (χ4n) is 4.76. The Morgan fingerprint density at radius 3 is 2.59 bits per heavy atom. The summed E-state index contributed by atoms with van der Waals surface area (Å²) in [4.78, 5) is 17.9. The van der Waals surface area contributed by atoms with Crippen molar-refractivity contribution in [1.82, 2.24) is 20.5 Å². The number of aromatic nitrogens is 2. The molecule has 10 heteroatoms. The molecule has 2 heterocycles. The molecule has 1 amide bonds. The van der Waals surface area contributed by atoms with Crippen LogP contribution in [0.15, 0.2) is 49.1 Å². The van der Waals surface area contributed by atoms with Crippen LogP contribution >= 0.6 is 11.9 Å². The van der Waals surface area contributed by atoms with Crippen LogP contribution in [0.25, 0.3) is 5.70 Å². The molecule has 39 heavy (non-hydrogen) atoms. The van der Waals surface area contributed by atoms with Gasteiger partial charge in [0, 0.05) is 17.4 Å². The number of imidazole rings is 1. The first-order valence-electron chi connectivity index (χ1n) is 13.0. The Balaban J connectivity index is 1.43. The van der Waals surface area contributed by atoms with E-state index in [1.165, 1.54) is 17.5 Å². The normalized spacial score (nSPS) is 16.0. The lowest BCUT2D eigenvalue weighted by molar-refractivity contribution is 0.102. The number of anilines is 3. The summed E-state index contributed by atoms with van der Waals surface area (Å²) in [6.07, 6.45) is 9.90. The molecule has 1 aliphatic carbocycles. The van der Waals surface area contributed by atoms with Gasteiger partial charge in [-0.1, -0.05) is 24.9 Å². The van der Waals surface area contributed by atoms with E-state index in [1.54, 1.807) is 7.11 Å². The van der Waals surface area contributed by atoms with Crippen LogP contribution in [0.4, 0.5) is 17.1 Å². The van der Waals surface area contributed by atoms with Gasteiger partial charge >= 0.3 is 0 Å². The fraction of sp³-hybridized carbons (Fsp3) is 0.379. The maximum atomic E-state index is 13.5. The number of nitrogens with one attached hydrogen (secondary N) is 4. The predicted molar refractivity (Wildman–Crippen MR) is 160 cm³/mol. The molecule has 3 aromatic rings. The minimum absolute atomic E-state index is 0.115. The topological polar surface area (TPSA) is 95.5 Å². The zero-order chi connectivity index (χ0) is 27.9. The Hall–Kier alpha value is -3.63. The largest absolute Gasteiger partial charge is 0.492 e. The van der Waals surface area contributed by atoms with Gasteiger partial charge in [0.1, 0.15) is 0 Å². The van der Waals surface area contributed by atoms with Gasteiger partial charge in [-0.3, -0.25) is 15.2 Å². The van der Waals surface area contributed by atoms with E-state index in [0.717, 1.165) is 41.2 Å². The number of carbonyl (C=O) groups is 1. The lowest BCUT2D eigenvalue weighted by Crippen LogP contribution is -2.37. The van der Waals surface area contributed by atoms with Crippen LogP contribution < -0.4 is 30.7 Å². The molecule has 5 rings (SSSR count). The molecule has 0 spiro atoms. The van der Waals surface area contributed by atoms with E-state index in [-0.39, 0.29) is 16.9 Å². The van der Waals surface area contributed by atoms with Crippen molar-refractivity contribution in [2.75, 3.05) is 28.4 Å². The molecule has 9 nitrogen and oxygen atoms in total. The number of hydrogen-bond acceptors (Lipinski definition) is 8. The van der Waals surface area contributed by atoms with Crippen molar-refractivity contribution < 1.29 is 9.53 Å². The number of methoxy groups -OCH3 is 1. The van der Waals surface area contributed by atoms with Gasteiger partial charge in [0.25, 0.3) is 5.91 Å². The maximum absolute atomic E-state index is 13.5. The van der Waals surface area contributed by atoms with Crippen molar-refractivity contribution >= 4 is 40.6 Å². The van der Waals surface area contributed by atoms with Gasteiger partial charge in [-0.05, 0) is 81.3 Å². The second-order valence-electron chi connectivity index (χ2n) is 11.4. The van der Waals surface area contributed by atoms with Gasteiger partial charge in [-0.2, -0.15) is 0 Å². The predicted octanol–water partition coefficient (Wildman–Crippen LogP) is 5.78. The highest BCUT2D eigenvalue weighted by atomic mass is 32.2. The standard InChI is InChI=1S/C29H37N7O2S/c1-18-8-9-19(12-24(18)36-16-23(32-34-36)25-15-30-17-35(25)28(2,3)4)27(37)31-21-13-20(29(5)10-11-29)14-22(33-39-7)26(21)38-6/h8-9,12-17,32-34H,10-11H2,1-7H3,(H,31,37). The van der Waals surface area contributed by atoms with Gasteiger partial charge in [-0.15, -0.1) is 5.53 Å². The third-order valence-corrected chi connectivity index (χ3v) is 7.81. The first kappa shape index (κ1) is 27.0. The third-order valence-electron chi connectivity index (χ3n) is 7.39. The highest BCUT2D eigenvalue weighted by Crippen LogP contribution is 2.51. The van der Waals surface area contributed by atoms with Crippen molar-refractivity contribution in [3.8, 4) is 5.75 Å². The summed E-state index contributed by atoms with van der Waals surface area (Å²) >= 11 is 1.49. The number of nitrogens with zero attached hydrogens (tertiary/aromatic N) is 3. The minimum Gasteiger partial charge on any atom is -0.492 e. The van der Waals surface area contributed by atoms with Crippen molar-refractivity contribution in [2.24, 2.45) is 0 Å². The van der Waals surface area contributed by atoms with E-state index in [9.17, 15) is 4.79 Å². The van der Waals surface area contributed by atoms with E-state index in [0.29, 0.717) is 17.0 Å². The number of ether oxygens (including phenoxy) is 1. The Bertz CT molecular complexity index is 1440. The molecule has 1 fully saturated rings. The zero-order valence-electron chi connectivity index (χ0n) is 23.6. The number of hydrazine groups is 2. The molecular weight excluding hydrogens is 510 g/mol. The number of aryl methyl sites for hydroxylation is 1. The third kappa shape index (κ3) is 5.31. The molecule has 2 aliphatic rings. The molecule has 1 aliphatic heterocycles. The van der Waals surface area contributed by atoms with Crippen LogP contribution in [0.1, 0.15) is 67.7 Å². The van der Waals surface area contributed by atoms with Crippen LogP contribution in [0.5, 0.6) is 5.75 Å². The van der Waals surface area contributed by atoms with Crippen LogP contribution in [0.3, 0.4) is 0 Å². The maximum Gasteiger partial charge on any atom is 0.255 e. The van der Waals surface area contributed by atoms with Crippen LogP contribution in [0.2, 0.25) is 0 Å². The Labute approximate surface area is 234 Å². The van der Waals surface area contributed by atoms with Crippen LogP contribution in [-0.2, 0) is 11.0 Å². The molecule has 2 aromatic carbocycles. The van der Waals surface area contributed by atoms with Crippen molar-refractivity contribution in [2.45, 2.75) is 58.4 Å². The average molecular weight is 548 g/mol. The summed E-state index contributed by atoms with van der Waals surface area (Å²) < 4.78 is 11.2. The fourth-order valence-corrected chi connectivity index (χ4v) is 5.13. The van der Waals surface area contributed by atoms with Crippen molar-refractivity contribution in [1.29, 1.82) is 0 Å². The highest BCUT2D eigenvalue weighted by molar-refractivity contribution is 7.99. The molecule has 1 saturated carbocycles. The van der Waals surface area contributed by atoms with Gasteiger partial charge in [0.2, 0.25) is 0 Å². The molecule has 0 radical (unpaired) electrons. The summed E-state index contributed by atoms with van der Waals surface area (Å²) in [5.41, 5.74) is 13.5. The summed E-state index contributed by atoms with van der Waals surface area (Å²) in [6.45, 7) is 10.7. The van der Waals surface area contributed by atoms with Crippen LogP contribution in [-0.4, -0.2) is 28.8 Å². The highest BCUT2D eigenvalue weighted by Gasteiger charge is 2.40. The molecule has 4 N–H and O–H groups in total. The molecule has 0 bridgehead atoms. The van der Waals surface area contributed by atoms with Gasteiger partial charge in [-0.25, -0.2) is 4.98 Å². The van der Waals surface area contributed by atoms with E-state index in [1.807, 2.05) is 61.2 Å². The summed E-state index contributed by atoms with van der Waals surface area (Å²) in [7, 11) is 1.63. The zero-order valence-corrected chi connectivity index (χ0v) is 24.4. The van der Waals surface area contributed by atoms with Crippen LogP contribution in [0, 0.1) is 6.92 Å². The number of carbonyl (C=O) groups excluding carboxylic acids is 1. The second kappa shape index (κ2) is 10.2. The quantitative estimate of drug-likeness (QED) is 0.264. The minimum atomic E-state index is -0.204. The monoisotopic (exact) mass is 547 g/mol. The molecular formula is C29H37N7O2S. The van der Waals surface area contributed by atoms with E-state index in [4.69, 9.17) is 4.74 Å². The lowest BCUT2D eigenvalue weighted by atomic mass is 9.96. The molecule has 1 aromatic heterocycles. The summed E-state index contributed by atoms with van der Waals surface area (Å²) in [5.74, 6) is 0.413. The molecule has 206 valence electrons. The first-order chi connectivity index (χ1) is 18.5. The summed E-state index contributed by atoms with van der Waals surface area (Å²) in [6, 6.07) is 9.86. The van der Waals surface area contributed by atoms with Gasteiger partial charge in [0.05, 0.1) is 54.3 Å². The summed E-state index contributed by atoms with van der Waals surface area (Å²) in [5, 5.41) is 5.00. The smallest absolute Gasteiger partial charge is 0.255 e. The molecule has 0 atom stereocenters. The van der Waals surface area contributed by atoms with Crippen molar-refractivity contribution in [3.05, 3.63) is 71.4 Å². The Morgan fingerprint density at radius 2 is 1.92 bits per heavy atom. The first-order valence-corrected chi connectivity index (χ1v) is 14.3. The average Bonchev–Trinajstić information content (AvgIpc) is 3.27. The van der Waals surface area contributed by atoms with Gasteiger partial charge < -0.3 is 19.3 Å². The number of benzene rings is 2. The van der Waals surface area contributed by atoms with Crippen molar-refractivity contribution in [3.63, 3.8) is 0 Å². The van der Waals surface area contributed by atoms with E-state index < -0.39 is 0 Å². The number of hydrogen-bond donors (Lipinski definition) is 4. The number of amides is 1. The Kier molecular flexibility index (Phi) is 7.02. The number of rotatable bonds is 8. The second-order valence-corrected chi connectivity index (χ2v) is 12.0. The van der Waals surface area contributed by atoms with E-state index >= 15 is 0 Å². The molecule has 0 saturated heterocycles. The SMILES string of the molecule is COc1c(NSC)cc(C2(C)CC2)cc1NC(=O)c1ccc(C)c(N2C=C(c3cncn3C(C)(C)C)NN2)c1. The Morgan fingerprint density at radius 1 is 1.18 bits per heavy atom. The van der Waals surface area contributed by atoms with Gasteiger partial charge in [0.15, 0.2) is 5.75 Å².